The fraction of sp³-hybridized carbons (Fsp3) is 0.0294. The van der Waals surface area contributed by atoms with Gasteiger partial charge in [-0.05, 0) is 127 Å². The smallest absolute Gasteiger partial charge is 0.164 e. The van der Waals surface area contributed by atoms with Crippen LogP contribution in [0.25, 0.3) is 124 Å². The highest BCUT2D eigenvalue weighted by Crippen LogP contribution is 2.38. The topological polar surface area (TPSA) is 51.6 Å². The van der Waals surface area contributed by atoms with E-state index in [4.69, 9.17) is 19.9 Å². The molecule has 11 aromatic rings. The van der Waals surface area contributed by atoms with Crippen molar-refractivity contribution >= 4 is 22.9 Å². The number of fused-ring (bicyclic) bond motifs is 1. The molecule has 0 spiro atoms. The third-order valence-electron chi connectivity index (χ3n) is 13.2. The minimum Gasteiger partial charge on any atom is -0.256 e. The molecule has 0 aliphatic carbocycles. The van der Waals surface area contributed by atoms with Crippen LogP contribution >= 0.6 is 0 Å². The number of aromatic nitrogens is 4. The number of nitrogens with zero attached hydrogens (tertiary/aromatic N) is 4. The molecule has 4 nitrogen and oxygen atoms in total. The third kappa shape index (κ3) is 9.50. The van der Waals surface area contributed by atoms with E-state index in [0.717, 1.165) is 66.9 Å². The van der Waals surface area contributed by atoms with Crippen molar-refractivity contribution in [2.45, 2.75) is 13.8 Å². The SMILES string of the molecule is C=Cc1c(C)cc(-c2cccc(-c3ccc(-c4ccc(-c5cc(-c6ccc(-c7ccc(/C=C\C=C/C)cn7)cc6)cc(-c6nc(-c7ccccc7)nc(-c7ccccc7)n6)c5)cc4)cc3)c2)c2ccccc12. The van der Waals surface area contributed by atoms with Crippen LogP contribution in [0.5, 0.6) is 0 Å². The van der Waals surface area contributed by atoms with Gasteiger partial charge in [-0.2, -0.15) is 0 Å². The van der Waals surface area contributed by atoms with Gasteiger partial charge in [0.2, 0.25) is 0 Å². The highest BCUT2D eigenvalue weighted by molar-refractivity contribution is 6.02. The molecule has 0 atom stereocenters. The summed E-state index contributed by atoms with van der Waals surface area (Å²) in [6.07, 6.45) is 12.0. The molecule has 0 saturated carbocycles. The largest absolute Gasteiger partial charge is 0.256 e. The van der Waals surface area contributed by atoms with Gasteiger partial charge in [0.25, 0.3) is 0 Å². The van der Waals surface area contributed by atoms with E-state index in [9.17, 15) is 0 Å². The van der Waals surface area contributed by atoms with E-state index in [0.29, 0.717) is 17.5 Å². The molecule has 0 saturated heterocycles. The molecule has 9 aromatic carbocycles. The van der Waals surface area contributed by atoms with Gasteiger partial charge in [-0.3, -0.25) is 4.98 Å². The Hall–Kier alpha value is -9.38. The van der Waals surface area contributed by atoms with Crippen molar-refractivity contribution in [3.05, 3.63) is 266 Å². The zero-order valence-electron chi connectivity index (χ0n) is 40.2. The summed E-state index contributed by atoms with van der Waals surface area (Å²) in [6.45, 7) is 8.28. The first kappa shape index (κ1) is 45.1. The van der Waals surface area contributed by atoms with Crippen molar-refractivity contribution in [1.82, 2.24) is 19.9 Å². The molecule has 0 radical (unpaired) electrons. The van der Waals surface area contributed by atoms with Gasteiger partial charge < -0.3 is 0 Å². The Morgan fingerprint density at radius 2 is 0.833 bits per heavy atom. The molecular formula is C68H50N4. The molecule has 0 unspecified atom stereocenters. The Balaban J connectivity index is 0.934. The van der Waals surface area contributed by atoms with E-state index < -0.39 is 0 Å². The number of allylic oxidation sites excluding steroid dienone is 3. The maximum atomic E-state index is 5.14. The number of rotatable bonds is 12. The van der Waals surface area contributed by atoms with Gasteiger partial charge in [0.05, 0.1) is 5.69 Å². The van der Waals surface area contributed by atoms with Crippen LogP contribution in [0.15, 0.2) is 249 Å². The molecule has 0 aliphatic heterocycles. The molecule has 0 fully saturated rings. The highest BCUT2D eigenvalue weighted by atomic mass is 15.0. The van der Waals surface area contributed by atoms with Crippen LogP contribution in [0.2, 0.25) is 0 Å². The summed E-state index contributed by atoms with van der Waals surface area (Å²) < 4.78 is 0. The quantitative estimate of drug-likeness (QED) is 0.115. The fourth-order valence-corrected chi connectivity index (χ4v) is 9.44. The van der Waals surface area contributed by atoms with Crippen molar-refractivity contribution in [1.29, 1.82) is 0 Å². The second kappa shape index (κ2) is 20.3. The first-order valence-electron chi connectivity index (χ1n) is 24.3. The predicted octanol–water partition coefficient (Wildman–Crippen LogP) is 18.0. The molecule has 2 heterocycles. The van der Waals surface area contributed by atoms with Crippen LogP contribution in [0.4, 0.5) is 0 Å². The summed E-state index contributed by atoms with van der Waals surface area (Å²) in [7, 11) is 0. The van der Waals surface area contributed by atoms with E-state index in [2.05, 4.69) is 177 Å². The molecule has 72 heavy (non-hydrogen) atoms. The second-order valence-corrected chi connectivity index (χ2v) is 17.9. The second-order valence-electron chi connectivity index (χ2n) is 17.9. The number of benzene rings is 9. The lowest BCUT2D eigenvalue weighted by molar-refractivity contribution is 1.07. The number of pyridine rings is 1. The van der Waals surface area contributed by atoms with Crippen molar-refractivity contribution in [3.8, 4) is 101 Å². The van der Waals surface area contributed by atoms with Gasteiger partial charge in [-0.25, -0.2) is 15.0 Å². The van der Waals surface area contributed by atoms with Crippen molar-refractivity contribution < 1.29 is 0 Å². The summed E-state index contributed by atoms with van der Waals surface area (Å²) in [4.78, 5) is 20.0. The molecule has 0 amide bonds. The van der Waals surface area contributed by atoms with Crippen LogP contribution in [-0.4, -0.2) is 19.9 Å². The van der Waals surface area contributed by atoms with E-state index in [1.54, 1.807) is 0 Å². The Labute approximate surface area is 421 Å². The first-order chi connectivity index (χ1) is 35.5. The van der Waals surface area contributed by atoms with Gasteiger partial charge in [-0.15, -0.1) is 0 Å². The van der Waals surface area contributed by atoms with Crippen LogP contribution in [-0.2, 0) is 0 Å². The molecule has 11 rings (SSSR count). The standard InChI is InChI=1S/C68H50N4/c1-4-6-9-17-47-26-39-65(69-45-47)53-37-35-52(36-38-53)59-42-58(43-60(44-59)68-71-66(54-18-10-7-11-19-54)70-67(72-68)55-20-12-8-13-21-55)51-33-29-49(30-34-51)48-27-31-50(32-28-48)56-22-16-23-57(41-56)64-40-46(3)61(5-2)62-24-14-15-25-63(62)64/h4-45H,2H2,1,3H3/b6-4-,17-9-. The van der Waals surface area contributed by atoms with Gasteiger partial charge in [0.15, 0.2) is 17.5 Å². The van der Waals surface area contributed by atoms with E-state index >= 15 is 0 Å². The molecule has 2 aromatic heterocycles. The van der Waals surface area contributed by atoms with Gasteiger partial charge in [0.1, 0.15) is 0 Å². The van der Waals surface area contributed by atoms with Crippen molar-refractivity contribution in [3.63, 3.8) is 0 Å². The lowest BCUT2D eigenvalue weighted by Crippen LogP contribution is -2.00. The average Bonchev–Trinajstić information content (AvgIpc) is 3.45. The molecule has 342 valence electrons. The summed E-state index contributed by atoms with van der Waals surface area (Å²) >= 11 is 0. The molecule has 0 aliphatic rings. The van der Waals surface area contributed by atoms with Gasteiger partial charge >= 0.3 is 0 Å². The number of hydrogen-bond acceptors (Lipinski definition) is 4. The first-order valence-corrected chi connectivity index (χ1v) is 24.3. The van der Waals surface area contributed by atoms with Gasteiger partial charge in [-0.1, -0.05) is 225 Å². The summed E-state index contributed by atoms with van der Waals surface area (Å²) in [5.74, 6) is 1.85. The lowest BCUT2D eigenvalue weighted by Gasteiger charge is -2.14. The fourth-order valence-electron chi connectivity index (χ4n) is 9.44. The minimum absolute atomic E-state index is 0.603. The van der Waals surface area contributed by atoms with Crippen LogP contribution in [0, 0.1) is 6.92 Å². The number of aryl methyl sites for hydroxylation is 1. The lowest BCUT2D eigenvalue weighted by atomic mass is 9.90. The molecule has 0 N–H and O–H groups in total. The molecule has 4 heteroatoms. The zero-order chi connectivity index (χ0) is 48.8. The maximum Gasteiger partial charge on any atom is 0.164 e. The minimum atomic E-state index is 0.603. The maximum absolute atomic E-state index is 5.14. The van der Waals surface area contributed by atoms with Crippen LogP contribution < -0.4 is 0 Å². The Kier molecular flexibility index (Phi) is 12.7. The summed E-state index contributed by atoms with van der Waals surface area (Å²) in [5, 5.41) is 2.46. The number of hydrogen-bond donors (Lipinski definition) is 0. The van der Waals surface area contributed by atoms with Crippen LogP contribution in [0.1, 0.15) is 23.6 Å². The predicted molar refractivity (Wildman–Crippen MR) is 303 cm³/mol. The Bertz CT molecular complexity index is 3720. The monoisotopic (exact) mass is 922 g/mol. The Morgan fingerprint density at radius 3 is 1.38 bits per heavy atom. The Morgan fingerprint density at radius 1 is 0.375 bits per heavy atom. The highest BCUT2D eigenvalue weighted by Gasteiger charge is 2.16. The van der Waals surface area contributed by atoms with Crippen LogP contribution in [0.3, 0.4) is 0 Å². The third-order valence-corrected chi connectivity index (χ3v) is 13.2. The molecule has 0 bridgehead atoms. The van der Waals surface area contributed by atoms with Gasteiger partial charge in [0, 0.05) is 28.5 Å². The van der Waals surface area contributed by atoms with Crippen molar-refractivity contribution in [2.75, 3.05) is 0 Å². The van der Waals surface area contributed by atoms with E-state index in [1.165, 1.54) is 44.2 Å². The van der Waals surface area contributed by atoms with E-state index in [1.807, 2.05) is 98.1 Å². The molecular weight excluding hydrogens is 873 g/mol. The van der Waals surface area contributed by atoms with Crippen molar-refractivity contribution in [2.24, 2.45) is 0 Å². The summed E-state index contributed by atoms with van der Waals surface area (Å²) in [6, 6.07) is 77.2. The zero-order valence-corrected chi connectivity index (χ0v) is 40.2. The normalized spacial score (nSPS) is 11.4. The average molecular weight is 923 g/mol. The summed E-state index contributed by atoms with van der Waals surface area (Å²) in [5.41, 5.74) is 19.5. The van der Waals surface area contributed by atoms with E-state index in [-0.39, 0.29) is 0 Å².